The van der Waals surface area contributed by atoms with Crippen LogP contribution in [0.15, 0.2) is 283 Å². The summed E-state index contributed by atoms with van der Waals surface area (Å²) < 4.78 is 11.5. The number of quaternary nitrogens is 1. The van der Waals surface area contributed by atoms with E-state index in [9.17, 15) is 0 Å². The number of benzene rings is 13. The Kier molecular flexibility index (Phi) is 23.7. The molecule has 0 unspecified atom stereocenters. The SMILES string of the molecule is C.CC(C)(C)c1ccc(-c2cccc3cc(-c4ccccc4CN=C(N)N)ccc23)cc1.COc1c(CC[NH3+])ccc(-c2ccc3c(-c4ccc(C(C)(C)C)cc4)cccc3c2)c1OC.NC(N)=NCc1ccccc1-c1ccc2c(-c3cccc(-c4ccccc4)c3)cccc2c1.[Cl-]. The number of hydrogen-bond acceptors (Lipinski definition) is 4. The van der Waals surface area contributed by atoms with Crippen LogP contribution in [0, 0.1) is 0 Å². The molecule has 502 valence electrons. The first kappa shape index (κ1) is 72.3. The fraction of sp³-hybridized carbons (Fsp3) is 0.169. The van der Waals surface area contributed by atoms with Gasteiger partial charge in [0.2, 0.25) is 0 Å². The van der Waals surface area contributed by atoms with Gasteiger partial charge < -0.3 is 50.5 Å². The summed E-state index contributed by atoms with van der Waals surface area (Å²) in [4.78, 5) is 8.40. The van der Waals surface area contributed by atoms with E-state index >= 15 is 0 Å². The molecule has 13 rings (SSSR count). The molecule has 0 amide bonds. The summed E-state index contributed by atoms with van der Waals surface area (Å²) in [6, 6.07) is 97.3. The van der Waals surface area contributed by atoms with E-state index in [4.69, 9.17) is 32.4 Å². The number of hydrogen-bond donors (Lipinski definition) is 5. The third-order valence-corrected chi connectivity index (χ3v) is 17.9. The Labute approximate surface area is 591 Å². The van der Waals surface area contributed by atoms with Crippen LogP contribution in [-0.2, 0) is 30.3 Å². The fourth-order valence-corrected chi connectivity index (χ4v) is 12.8. The maximum absolute atomic E-state index is 5.81. The summed E-state index contributed by atoms with van der Waals surface area (Å²) in [5.74, 6) is 1.78. The number of ether oxygens (including phenoxy) is 2. The molecule has 0 heterocycles. The van der Waals surface area contributed by atoms with Crippen molar-refractivity contribution in [2.75, 3.05) is 20.8 Å². The maximum Gasteiger partial charge on any atom is 0.186 e. The average molecular weight is 1330 g/mol. The van der Waals surface area contributed by atoms with E-state index < -0.39 is 0 Å². The quantitative estimate of drug-likeness (QED) is 0.0504. The van der Waals surface area contributed by atoms with Gasteiger partial charge in [0.25, 0.3) is 0 Å². The number of nitrogens with two attached hydrogens (primary N) is 4. The normalized spacial score (nSPS) is 11.0. The predicted octanol–water partition coefficient (Wildman–Crippen LogP) is 16.8. The van der Waals surface area contributed by atoms with Crippen LogP contribution in [0.1, 0.15) is 76.8 Å². The zero-order valence-electron chi connectivity index (χ0n) is 57.4. The molecule has 9 nitrogen and oxygen atoms in total. The molecular weight excluding hydrogens is 1230 g/mol. The molecule has 0 saturated heterocycles. The van der Waals surface area contributed by atoms with Gasteiger partial charge >= 0.3 is 0 Å². The monoisotopic (exact) mass is 1330 g/mol. The van der Waals surface area contributed by atoms with Crippen LogP contribution < -0.4 is 50.5 Å². The van der Waals surface area contributed by atoms with Crippen molar-refractivity contribution in [1.29, 1.82) is 0 Å². The Bertz CT molecular complexity index is 4960. The predicted molar refractivity (Wildman–Crippen MR) is 418 cm³/mol. The summed E-state index contributed by atoms with van der Waals surface area (Å²) in [7, 11) is 3.40. The minimum Gasteiger partial charge on any atom is -1.00 e. The lowest BCUT2D eigenvalue weighted by Crippen LogP contribution is -3.00. The van der Waals surface area contributed by atoms with Gasteiger partial charge in [-0.15, -0.1) is 0 Å². The van der Waals surface area contributed by atoms with Gasteiger partial charge in [0.15, 0.2) is 23.4 Å². The molecule has 0 aromatic heterocycles. The molecule has 0 atom stereocenters. The number of aliphatic imine (C=N–C) groups is 2. The van der Waals surface area contributed by atoms with Gasteiger partial charge in [-0.05, 0) is 162 Å². The van der Waals surface area contributed by atoms with Crippen LogP contribution in [0.25, 0.3) is 110 Å². The molecule has 0 aliphatic heterocycles. The van der Waals surface area contributed by atoms with Gasteiger partial charge in [0.05, 0.1) is 33.9 Å². The van der Waals surface area contributed by atoms with Crippen LogP contribution in [-0.4, -0.2) is 32.7 Å². The van der Waals surface area contributed by atoms with Gasteiger partial charge in [-0.1, -0.05) is 298 Å². The van der Waals surface area contributed by atoms with Crippen molar-refractivity contribution < 1.29 is 27.6 Å². The molecule has 0 aliphatic rings. The highest BCUT2D eigenvalue weighted by Gasteiger charge is 2.20. The van der Waals surface area contributed by atoms with Crippen LogP contribution >= 0.6 is 0 Å². The lowest BCUT2D eigenvalue weighted by Gasteiger charge is -2.19. The topological polar surface area (TPSA) is 175 Å². The Morgan fingerprint density at radius 3 is 1.10 bits per heavy atom. The molecular formula is C89H92ClN7O2. The highest BCUT2D eigenvalue weighted by atomic mass is 35.5. The number of methoxy groups -OCH3 is 2. The van der Waals surface area contributed by atoms with Gasteiger partial charge in [0, 0.05) is 17.5 Å². The number of halogens is 1. The van der Waals surface area contributed by atoms with E-state index in [1.165, 1.54) is 88.0 Å². The Morgan fingerprint density at radius 2 is 0.687 bits per heavy atom. The van der Waals surface area contributed by atoms with Crippen LogP contribution in [0.5, 0.6) is 11.5 Å². The Hall–Kier alpha value is -11.0. The summed E-state index contributed by atoms with van der Waals surface area (Å²) >= 11 is 0. The van der Waals surface area contributed by atoms with Crippen molar-refractivity contribution in [3.05, 3.63) is 301 Å². The Balaban J connectivity index is 0.000000172. The number of rotatable bonds is 15. The molecule has 0 radical (unpaired) electrons. The average Bonchev–Trinajstić information content (AvgIpc) is 0.796. The first-order chi connectivity index (χ1) is 46.9. The van der Waals surface area contributed by atoms with Crippen LogP contribution in [0.3, 0.4) is 0 Å². The summed E-state index contributed by atoms with van der Waals surface area (Å²) in [5, 5.41) is 7.33. The first-order valence-corrected chi connectivity index (χ1v) is 33.2. The second kappa shape index (κ2) is 32.4. The summed E-state index contributed by atoms with van der Waals surface area (Å²) in [6.07, 6.45) is 0.856. The minimum atomic E-state index is 0. The van der Waals surface area contributed by atoms with Crippen molar-refractivity contribution in [3.63, 3.8) is 0 Å². The van der Waals surface area contributed by atoms with E-state index in [0.717, 1.165) is 74.5 Å². The molecule has 13 aromatic carbocycles. The number of guanidine groups is 2. The third kappa shape index (κ3) is 17.1. The van der Waals surface area contributed by atoms with Crippen molar-refractivity contribution in [2.24, 2.45) is 32.9 Å². The minimum absolute atomic E-state index is 0. The third-order valence-electron chi connectivity index (χ3n) is 17.9. The second-order valence-electron chi connectivity index (χ2n) is 26.6. The van der Waals surface area contributed by atoms with E-state index in [-0.39, 0.29) is 42.6 Å². The largest absolute Gasteiger partial charge is 1.00 e. The smallest absolute Gasteiger partial charge is 0.186 e. The Morgan fingerprint density at radius 1 is 0.333 bits per heavy atom. The number of fused-ring (bicyclic) bond motifs is 3. The van der Waals surface area contributed by atoms with E-state index in [1.54, 1.807) is 14.2 Å². The molecule has 0 bridgehead atoms. The lowest BCUT2D eigenvalue weighted by atomic mass is 9.86. The van der Waals surface area contributed by atoms with Gasteiger partial charge in [-0.3, -0.25) is 0 Å². The van der Waals surface area contributed by atoms with Gasteiger partial charge in [-0.2, -0.15) is 0 Å². The first-order valence-electron chi connectivity index (χ1n) is 33.2. The fourth-order valence-electron chi connectivity index (χ4n) is 12.8. The van der Waals surface area contributed by atoms with E-state index in [1.807, 2.05) is 30.3 Å². The lowest BCUT2D eigenvalue weighted by molar-refractivity contribution is -0.366. The highest BCUT2D eigenvalue weighted by Crippen LogP contribution is 2.43. The summed E-state index contributed by atoms with van der Waals surface area (Å²) in [5.41, 5.74) is 49.0. The molecule has 0 saturated carbocycles. The second-order valence-corrected chi connectivity index (χ2v) is 26.6. The zero-order valence-corrected chi connectivity index (χ0v) is 58.2. The van der Waals surface area contributed by atoms with E-state index in [2.05, 4.69) is 300 Å². The molecule has 11 N–H and O–H groups in total. The zero-order chi connectivity index (χ0) is 68.2. The van der Waals surface area contributed by atoms with E-state index in [0.29, 0.717) is 13.1 Å². The molecule has 10 heteroatoms. The summed E-state index contributed by atoms with van der Waals surface area (Å²) in [6.45, 7) is 15.2. The van der Waals surface area contributed by atoms with Crippen molar-refractivity contribution in [2.45, 2.75) is 79.3 Å². The molecule has 0 spiro atoms. The van der Waals surface area contributed by atoms with Crippen molar-refractivity contribution in [3.8, 4) is 89.4 Å². The maximum atomic E-state index is 5.81. The van der Waals surface area contributed by atoms with Crippen LogP contribution in [0.4, 0.5) is 0 Å². The van der Waals surface area contributed by atoms with Crippen molar-refractivity contribution in [1.82, 2.24) is 0 Å². The molecule has 99 heavy (non-hydrogen) atoms. The molecule has 0 aliphatic carbocycles. The van der Waals surface area contributed by atoms with Gasteiger partial charge in [-0.25, -0.2) is 9.98 Å². The number of nitrogens with zero attached hydrogens (tertiary/aromatic N) is 2. The molecule has 0 fully saturated rings. The van der Waals surface area contributed by atoms with Crippen LogP contribution in [0.2, 0.25) is 0 Å². The molecule has 13 aromatic rings. The highest BCUT2D eigenvalue weighted by molar-refractivity contribution is 6.02. The van der Waals surface area contributed by atoms with Crippen molar-refractivity contribution >= 4 is 44.2 Å². The standard InChI is InChI=1S/C30H25N3.C30H33NO2.C28H29N3.CH4.ClH/c31-30(32)33-20-26-10-4-5-14-27(26)25-16-17-29-24(19-25)13-7-15-28(29)23-12-6-11-22(18-23)21-8-2-1-3-9-21;1-30(2,3)24-13-9-20(10-14-24)25-8-6-7-22-19-23(12-15-26(22)25)27-16-11-21(17-18-31)28(32-4)29(27)33-5;1-28(2,3)23-14-11-19(12-15-23)25-10-6-8-20-17-21(13-16-26(20)25)24-9-5-4-7-22(24)18-31-27(29)30;;/h1-19H,20H2,(H4,31,32,33);6-16,19H,17-18,31H2,1-5H3;4-17H,18H2,1-3H3,(H4,29,30,31);1H4;1H. The van der Waals surface area contributed by atoms with Gasteiger partial charge in [0.1, 0.15) is 0 Å².